The van der Waals surface area contributed by atoms with E-state index in [1.165, 1.54) is 69.5 Å². The van der Waals surface area contributed by atoms with Crippen molar-refractivity contribution < 1.29 is 0 Å². The molecule has 0 atom stereocenters. The first-order chi connectivity index (χ1) is 6.83. The minimum atomic E-state index is 0.727. The number of alkyl halides is 1. The van der Waals surface area contributed by atoms with Gasteiger partial charge in [-0.25, -0.2) is 0 Å². The molecule has 1 aliphatic carbocycles. The Hall–Kier alpha value is 0.480. The van der Waals surface area contributed by atoms with Crippen LogP contribution in [0.15, 0.2) is 0 Å². The van der Waals surface area contributed by atoms with Crippen molar-refractivity contribution in [1.29, 1.82) is 0 Å². The van der Waals surface area contributed by atoms with Crippen molar-refractivity contribution >= 4 is 15.9 Å². The topological polar surface area (TPSA) is 0 Å². The van der Waals surface area contributed by atoms with E-state index in [1.807, 2.05) is 0 Å². The molecule has 84 valence electrons. The number of rotatable bonds is 8. The van der Waals surface area contributed by atoms with E-state index in [9.17, 15) is 0 Å². The summed E-state index contributed by atoms with van der Waals surface area (Å²) < 4.78 is 0. The van der Waals surface area contributed by atoms with Gasteiger partial charge in [0.15, 0.2) is 0 Å². The van der Waals surface area contributed by atoms with Crippen molar-refractivity contribution in [2.24, 2.45) is 5.41 Å². The fraction of sp³-hybridized carbons (Fsp3) is 1.00. The van der Waals surface area contributed by atoms with Gasteiger partial charge in [0.05, 0.1) is 0 Å². The second kappa shape index (κ2) is 6.87. The maximum Gasteiger partial charge on any atom is 0.00879 e. The van der Waals surface area contributed by atoms with Crippen LogP contribution >= 0.6 is 15.9 Å². The predicted molar refractivity (Wildman–Crippen MR) is 68.1 cm³/mol. The number of hydrogen-bond acceptors (Lipinski definition) is 0. The van der Waals surface area contributed by atoms with Gasteiger partial charge in [0, 0.05) is 5.33 Å². The van der Waals surface area contributed by atoms with Crippen molar-refractivity contribution in [1.82, 2.24) is 0 Å². The summed E-state index contributed by atoms with van der Waals surface area (Å²) in [4.78, 5) is 0. The molecule has 0 aromatic carbocycles. The number of halogens is 1. The maximum absolute atomic E-state index is 3.68. The lowest BCUT2D eigenvalue weighted by Crippen LogP contribution is -2.30. The standard InChI is InChI=1S/C13H25Br/c1-2-3-4-5-6-7-9-13(12-14)10-8-11-13/h2-12H2,1H3. The van der Waals surface area contributed by atoms with E-state index in [4.69, 9.17) is 0 Å². The third kappa shape index (κ3) is 3.92. The predicted octanol–water partition coefficient (Wildman–Crippen LogP) is 5.30. The van der Waals surface area contributed by atoms with Gasteiger partial charge in [0.25, 0.3) is 0 Å². The summed E-state index contributed by atoms with van der Waals surface area (Å²) in [5.74, 6) is 0. The van der Waals surface area contributed by atoms with Gasteiger partial charge >= 0.3 is 0 Å². The van der Waals surface area contributed by atoms with E-state index in [-0.39, 0.29) is 0 Å². The molecule has 0 aromatic rings. The van der Waals surface area contributed by atoms with Crippen molar-refractivity contribution in [3.8, 4) is 0 Å². The lowest BCUT2D eigenvalue weighted by Gasteiger charge is -2.40. The van der Waals surface area contributed by atoms with Crippen LogP contribution in [0, 0.1) is 5.41 Å². The molecule has 1 rings (SSSR count). The highest BCUT2D eigenvalue weighted by atomic mass is 79.9. The van der Waals surface area contributed by atoms with Gasteiger partial charge in [-0.1, -0.05) is 67.8 Å². The Kier molecular flexibility index (Phi) is 6.16. The second-order valence-electron chi connectivity index (χ2n) is 5.00. The largest absolute Gasteiger partial charge is 0.0922 e. The average molecular weight is 261 g/mol. The molecule has 1 fully saturated rings. The van der Waals surface area contributed by atoms with Crippen molar-refractivity contribution in [2.45, 2.75) is 71.1 Å². The lowest BCUT2D eigenvalue weighted by atomic mass is 9.67. The second-order valence-corrected chi connectivity index (χ2v) is 5.57. The fourth-order valence-electron chi connectivity index (χ4n) is 2.41. The van der Waals surface area contributed by atoms with Crippen molar-refractivity contribution in [2.75, 3.05) is 5.33 Å². The van der Waals surface area contributed by atoms with Crippen LogP contribution in [0.1, 0.15) is 71.1 Å². The van der Waals surface area contributed by atoms with E-state index in [2.05, 4.69) is 22.9 Å². The molecule has 1 heteroatoms. The van der Waals surface area contributed by atoms with Crippen molar-refractivity contribution in [3.63, 3.8) is 0 Å². The van der Waals surface area contributed by atoms with Crippen LogP contribution < -0.4 is 0 Å². The van der Waals surface area contributed by atoms with Gasteiger partial charge in [-0.2, -0.15) is 0 Å². The highest BCUT2D eigenvalue weighted by molar-refractivity contribution is 9.09. The molecule has 0 saturated heterocycles. The molecule has 1 aliphatic rings. The summed E-state index contributed by atoms with van der Waals surface area (Å²) in [6, 6.07) is 0. The Bertz CT molecular complexity index is 133. The van der Waals surface area contributed by atoms with Crippen LogP contribution in [0.2, 0.25) is 0 Å². The van der Waals surface area contributed by atoms with Crippen LogP contribution in [0.4, 0.5) is 0 Å². The summed E-state index contributed by atoms with van der Waals surface area (Å²) in [5.41, 5.74) is 0.727. The summed E-state index contributed by atoms with van der Waals surface area (Å²) in [5, 5.41) is 1.25. The minimum absolute atomic E-state index is 0.727. The molecule has 0 radical (unpaired) electrons. The molecule has 1 saturated carbocycles. The fourth-order valence-corrected chi connectivity index (χ4v) is 3.25. The quantitative estimate of drug-likeness (QED) is 0.410. The zero-order valence-electron chi connectivity index (χ0n) is 9.66. The van der Waals surface area contributed by atoms with Gasteiger partial charge in [-0.05, 0) is 24.7 Å². The zero-order chi connectivity index (χ0) is 10.3. The van der Waals surface area contributed by atoms with E-state index >= 15 is 0 Å². The minimum Gasteiger partial charge on any atom is -0.0922 e. The monoisotopic (exact) mass is 260 g/mol. The molecule has 0 aromatic heterocycles. The van der Waals surface area contributed by atoms with Gasteiger partial charge in [-0.3, -0.25) is 0 Å². The molecular weight excluding hydrogens is 236 g/mol. The molecule has 0 unspecified atom stereocenters. The Morgan fingerprint density at radius 3 is 2.14 bits per heavy atom. The highest BCUT2D eigenvalue weighted by Gasteiger charge is 2.34. The lowest BCUT2D eigenvalue weighted by molar-refractivity contribution is 0.149. The summed E-state index contributed by atoms with van der Waals surface area (Å²) in [6.07, 6.45) is 14.6. The average Bonchev–Trinajstić information content (AvgIpc) is 2.15. The first kappa shape index (κ1) is 12.5. The first-order valence-electron chi connectivity index (χ1n) is 6.39. The van der Waals surface area contributed by atoms with Gasteiger partial charge in [0.2, 0.25) is 0 Å². The van der Waals surface area contributed by atoms with Gasteiger partial charge < -0.3 is 0 Å². The molecule has 0 aliphatic heterocycles. The summed E-state index contributed by atoms with van der Waals surface area (Å²) in [7, 11) is 0. The van der Waals surface area contributed by atoms with Crippen molar-refractivity contribution in [3.05, 3.63) is 0 Å². The maximum atomic E-state index is 3.68. The molecule has 0 spiro atoms. The van der Waals surface area contributed by atoms with E-state index in [0.717, 1.165) is 5.41 Å². The number of unbranched alkanes of at least 4 members (excludes halogenated alkanes) is 5. The number of hydrogen-bond donors (Lipinski definition) is 0. The third-order valence-electron chi connectivity index (χ3n) is 3.76. The Balaban J connectivity index is 1.92. The Morgan fingerprint density at radius 1 is 1.00 bits per heavy atom. The van der Waals surface area contributed by atoms with Crippen LogP contribution in [-0.2, 0) is 0 Å². The normalized spacial score (nSPS) is 19.3. The molecule has 0 heterocycles. The molecule has 0 bridgehead atoms. The smallest absolute Gasteiger partial charge is 0.00879 e. The van der Waals surface area contributed by atoms with Crippen LogP contribution in [0.5, 0.6) is 0 Å². The molecule has 0 nitrogen and oxygen atoms in total. The SMILES string of the molecule is CCCCCCCCC1(CBr)CCC1. The van der Waals surface area contributed by atoms with Gasteiger partial charge in [-0.15, -0.1) is 0 Å². The zero-order valence-corrected chi connectivity index (χ0v) is 11.2. The third-order valence-corrected chi connectivity index (χ3v) is 4.95. The highest BCUT2D eigenvalue weighted by Crippen LogP contribution is 2.46. The summed E-state index contributed by atoms with van der Waals surface area (Å²) in [6.45, 7) is 2.29. The summed E-state index contributed by atoms with van der Waals surface area (Å²) >= 11 is 3.68. The first-order valence-corrected chi connectivity index (χ1v) is 7.51. The molecule has 0 N–H and O–H groups in total. The van der Waals surface area contributed by atoms with Crippen LogP contribution in [0.25, 0.3) is 0 Å². The van der Waals surface area contributed by atoms with E-state index < -0.39 is 0 Å². The van der Waals surface area contributed by atoms with E-state index in [0.29, 0.717) is 0 Å². The molecular formula is C13H25Br. The Morgan fingerprint density at radius 2 is 1.64 bits per heavy atom. The van der Waals surface area contributed by atoms with Crippen LogP contribution in [0.3, 0.4) is 0 Å². The molecule has 0 amide bonds. The van der Waals surface area contributed by atoms with E-state index in [1.54, 1.807) is 0 Å². The van der Waals surface area contributed by atoms with Crippen LogP contribution in [-0.4, -0.2) is 5.33 Å². The van der Waals surface area contributed by atoms with Gasteiger partial charge in [0.1, 0.15) is 0 Å². The molecule has 14 heavy (non-hydrogen) atoms. The Labute approximate surface area is 98.0 Å².